The third-order valence-corrected chi connectivity index (χ3v) is 2.82. The molecule has 0 amide bonds. The minimum atomic E-state index is 0.334. The fourth-order valence-electron chi connectivity index (χ4n) is 1.75. The molecule has 1 aliphatic rings. The van der Waals surface area contributed by atoms with Gasteiger partial charge in [-0.2, -0.15) is 0 Å². The highest BCUT2D eigenvalue weighted by Crippen LogP contribution is 2.25. The van der Waals surface area contributed by atoms with Crippen molar-refractivity contribution in [3.8, 4) is 0 Å². The van der Waals surface area contributed by atoms with E-state index in [-0.39, 0.29) is 0 Å². The van der Waals surface area contributed by atoms with Crippen molar-refractivity contribution in [2.24, 2.45) is 5.41 Å². The van der Waals surface area contributed by atoms with Crippen LogP contribution in [0.2, 0.25) is 0 Å². The van der Waals surface area contributed by atoms with E-state index < -0.39 is 0 Å². The van der Waals surface area contributed by atoms with Gasteiger partial charge in [-0.05, 0) is 12.1 Å². The van der Waals surface area contributed by atoms with Crippen molar-refractivity contribution in [2.45, 2.75) is 26.8 Å². The standard InChI is InChI=1S/C12H19NO2/c1-3-10-4-5-11(15-10)6-13-7-12(2)8-14-9-12/h4-5,13H,3,6-9H2,1-2H3. The highest BCUT2D eigenvalue weighted by atomic mass is 16.5. The van der Waals surface area contributed by atoms with Gasteiger partial charge in [0.25, 0.3) is 0 Å². The van der Waals surface area contributed by atoms with Gasteiger partial charge in [0.2, 0.25) is 0 Å². The van der Waals surface area contributed by atoms with E-state index in [0.717, 1.165) is 44.2 Å². The molecule has 1 N–H and O–H groups in total. The molecule has 1 saturated heterocycles. The van der Waals surface area contributed by atoms with Crippen LogP contribution in [0, 0.1) is 5.41 Å². The number of rotatable bonds is 5. The molecule has 15 heavy (non-hydrogen) atoms. The Hall–Kier alpha value is -0.800. The highest BCUT2D eigenvalue weighted by Gasteiger charge is 2.32. The number of nitrogens with one attached hydrogen (secondary N) is 1. The van der Waals surface area contributed by atoms with E-state index in [1.54, 1.807) is 0 Å². The van der Waals surface area contributed by atoms with E-state index in [1.165, 1.54) is 0 Å². The first kappa shape index (κ1) is 10.7. The second-order valence-electron chi connectivity index (χ2n) is 4.63. The second-order valence-corrected chi connectivity index (χ2v) is 4.63. The van der Waals surface area contributed by atoms with E-state index in [2.05, 4.69) is 19.2 Å². The van der Waals surface area contributed by atoms with Crippen LogP contribution in [0.15, 0.2) is 16.5 Å². The monoisotopic (exact) mass is 209 g/mol. The Morgan fingerprint density at radius 3 is 2.60 bits per heavy atom. The molecule has 0 spiro atoms. The maximum Gasteiger partial charge on any atom is 0.117 e. The van der Waals surface area contributed by atoms with Gasteiger partial charge in [-0.3, -0.25) is 0 Å². The number of aryl methyl sites for hydroxylation is 1. The second kappa shape index (κ2) is 4.37. The number of furan rings is 1. The smallest absolute Gasteiger partial charge is 0.117 e. The van der Waals surface area contributed by atoms with Crippen molar-refractivity contribution in [1.29, 1.82) is 0 Å². The summed E-state index contributed by atoms with van der Waals surface area (Å²) in [7, 11) is 0. The molecule has 0 aliphatic carbocycles. The van der Waals surface area contributed by atoms with Gasteiger partial charge in [0, 0.05) is 18.4 Å². The Bertz CT molecular complexity index is 315. The van der Waals surface area contributed by atoms with Crippen molar-refractivity contribution in [1.82, 2.24) is 5.32 Å². The first-order valence-corrected chi connectivity index (χ1v) is 5.58. The van der Waals surface area contributed by atoms with E-state index in [4.69, 9.17) is 9.15 Å². The molecule has 3 nitrogen and oxygen atoms in total. The summed E-state index contributed by atoms with van der Waals surface area (Å²) in [4.78, 5) is 0. The zero-order chi connectivity index (χ0) is 10.7. The van der Waals surface area contributed by atoms with Crippen LogP contribution >= 0.6 is 0 Å². The average Bonchev–Trinajstić information content (AvgIpc) is 2.63. The Balaban J connectivity index is 1.73. The summed E-state index contributed by atoms with van der Waals surface area (Å²) in [5, 5.41) is 3.41. The fourth-order valence-corrected chi connectivity index (χ4v) is 1.75. The van der Waals surface area contributed by atoms with Crippen LogP contribution in [0.25, 0.3) is 0 Å². The van der Waals surface area contributed by atoms with Crippen molar-refractivity contribution in [2.75, 3.05) is 19.8 Å². The van der Waals surface area contributed by atoms with Crippen LogP contribution in [0.5, 0.6) is 0 Å². The summed E-state index contributed by atoms with van der Waals surface area (Å²) in [6, 6.07) is 4.09. The lowest BCUT2D eigenvalue weighted by Crippen LogP contribution is -2.47. The predicted molar refractivity (Wildman–Crippen MR) is 58.7 cm³/mol. The molecule has 0 radical (unpaired) electrons. The number of hydrogen-bond acceptors (Lipinski definition) is 3. The van der Waals surface area contributed by atoms with Gasteiger partial charge in [0.05, 0.1) is 19.8 Å². The van der Waals surface area contributed by atoms with Crippen LogP contribution < -0.4 is 5.32 Å². The Morgan fingerprint density at radius 2 is 2.07 bits per heavy atom. The Morgan fingerprint density at radius 1 is 1.33 bits per heavy atom. The van der Waals surface area contributed by atoms with Gasteiger partial charge in [-0.25, -0.2) is 0 Å². The zero-order valence-corrected chi connectivity index (χ0v) is 9.51. The molecule has 1 aliphatic heterocycles. The zero-order valence-electron chi connectivity index (χ0n) is 9.51. The minimum Gasteiger partial charge on any atom is -0.465 e. The first-order chi connectivity index (χ1) is 7.22. The lowest BCUT2D eigenvalue weighted by Gasteiger charge is -2.38. The van der Waals surface area contributed by atoms with Crippen molar-refractivity contribution < 1.29 is 9.15 Å². The minimum absolute atomic E-state index is 0.334. The van der Waals surface area contributed by atoms with Gasteiger partial charge in [-0.1, -0.05) is 13.8 Å². The molecule has 3 heteroatoms. The molecule has 0 unspecified atom stereocenters. The molecule has 1 aromatic rings. The largest absolute Gasteiger partial charge is 0.465 e. The van der Waals surface area contributed by atoms with Crippen LogP contribution in [-0.2, 0) is 17.7 Å². The van der Waals surface area contributed by atoms with Crippen LogP contribution in [0.3, 0.4) is 0 Å². The summed E-state index contributed by atoms with van der Waals surface area (Å²) >= 11 is 0. The SMILES string of the molecule is CCc1ccc(CNCC2(C)COC2)o1. The summed E-state index contributed by atoms with van der Waals surface area (Å²) in [6.45, 7) is 7.90. The molecule has 2 rings (SSSR count). The van der Waals surface area contributed by atoms with Gasteiger partial charge in [0.15, 0.2) is 0 Å². The molecule has 0 saturated carbocycles. The fraction of sp³-hybridized carbons (Fsp3) is 0.667. The van der Waals surface area contributed by atoms with E-state index in [0.29, 0.717) is 5.41 Å². The summed E-state index contributed by atoms with van der Waals surface area (Å²) in [5.74, 6) is 2.08. The predicted octanol–water partition coefficient (Wildman–Crippen LogP) is 1.97. The highest BCUT2D eigenvalue weighted by molar-refractivity contribution is 5.06. The number of ether oxygens (including phenoxy) is 1. The summed E-state index contributed by atoms with van der Waals surface area (Å²) in [5.41, 5.74) is 0.334. The average molecular weight is 209 g/mol. The third-order valence-electron chi connectivity index (χ3n) is 2.82. The maximum atomic E-state index is 5.61. The van der Waals surface area contributed by atoms with Crippen LogP contribution in [0.4, 0.5) is 0 Å². The van der Waals surface area contributed by atoms with E-state index in [9.17, 15) is 0 Å². The molecule has 2 heterocycles. The molecule has 0 aromatic carbocycles. The Labute approximate surface area is 90.8 Å². The van der Waals surface area contributed by atoms with Crippen molar-refractivity contribution in [3.63, 3.8) is 0 Å². The van der Waals surface area contributed by atoms with Gasteiger partial charge in [-0.15, -0.1) is 0 Å². The quantitative estimate of drug-likeness (QED) is 0.805. The van der Waals surface area contributed by atoms with Crippen molar-refractivity contribution in [3.05, 3.63) is 23.7 Å². The first-order valence-electron chi connectivity index (χ1n) is 5.58. The molecular weight excluding hydrogens is 190 g/mol. The molecule has 0 atom stereocenters. The normalized spacial score (nSPS) is 18.8. The van der Waals surface area contributed by atoms with E-state index >= 15 is 0 Å². The molecular formula is C12H19NO2. The number of hydrogen-bond donors (Lipinski definition) is 1. The van der Waals surface area contributed by atoms with Gasteiger partial charge in [0.1, 0.15) is 11.5 Å². The van der Waals surface area contributed by atoms with Gasteiger partial charge >= 0.3 is 0 Å². The van der Waals surface area contributed by atoms with E-state index in [1.807, 2.05) is 12.1 Å². The molecule has 1 aromatic heterocycles. The van der Waals surface area contributed by atoms with Gasteiger partial charge < -0.3 is 14.5 Å². The van der Waals surface area contributed by atoms with Crippen LogP contribution in [0.1, 0.15) is 25.4 Å². The molecule has 1 fully saturated rings. The lowest BCUT2D eigenvalue weighted by molar-refractivity contribution is -0.0992. The third kappa shape index (κ3) is 2.61. The van der Waals surface area contributed by atoms with Crippen molar-refractivity contribution >= 4 is 0 Å². The summed E-state index contributed by atoms with van der Waals surface area (Å²) in [6.07, 6.45) is 0.964. The summed E-state index contributed by atoms with van der Waals surface area (Å²) < 4.78 is 10.8. The maximum absolute atomic E-state index is 5.61. The topological polar surface area (TPSA) is 34.4 Å². The van der Waals surface area contributed by atoms with Crippen LogP contribution in [-0.4, -0.2) is 19.8 Å². The lowest BCUT2D eigenvalue weighted by atomic mass is 9.89. The molecule has 0 bridgehead atoms. The molecule has 84 valence electrons. The Kier molecular flexibility index (Phi) is 3.12.